The van der Waals surface area contributed by atoms with Crippen molar-refractivity contribution >= 4 is 0 Å². The molecule has 2 rings (SSSR count). The average molecular weight is 247 g/mol. The molecular weight excluding hydrogens is 218 g/mol. The summed E-state index contributed by atoms with van der Waals surface area (Å²) >= 11 is 0. The fraction of sp³-hybridized carbons (Fsp3) is 0.941. The van der Waals surface area contributed by atoms with E-state index in [1.807, 2.05) is 0 Å². The second-order valence-corrected chi connectivity index (χ2v) is 6.77. The van der Waals surface area contributed by atoms with E-state index in [9.17, 15) is 5.26 Å². The summed E-state index contributed by atoms with van der Waals surface area (Å²) in [7, 11) is 0. The van der Waals surface area contributed by atoms with Gasteiger partial charge in [-0.2, -0.15) is 5.26 Å². The summed E-state index contributed by atoms with van der Waals surface area (Å²) in [6.07, 6.45) is 12.5. The number of nitrogens with zero attached hydrogens (tertiary/aromatic N) is 1. The predicted molar refractivity (Wildman–Crippen MR) is 76.0 cm³/mol. The fourth-order valence-corrected chi connectivity index (χ4v) is 4.49. The Balaban J connectivity index is 1.83. The SMILES string of the molecule is CCCCC[C@H]1CCC2C(CC[C@H](C#N)[C@@H]2C)C1. The van der Waals surface area contributed by atoms with Gasteiger partial charge in [0.2, 0.25) is 0 Å². The standard InChI is InChI=1S/C17H29N/c1-3-4-5-6-14-7-10-17-13(2)16(12-18)9-8-15(17)11-14/h13-17H,3-11H2,1-2H3/t13-,14-,15?,16+,17?/m0/s1. The maximum absolute atomic E-state index is 9.20. The highest BCUT2D eigenvalue weighted by atomic mass is 14.5. The Hall–Kier alpha value is -0.510. The first-order chi connectivity index (χ1) is 8.76. The van der Waals surface area contributed by atoms with Crippen molar-refractivity contribution in [1.82, 2.24) is 0 Å². The zero-order chi connectivity index (χ0) is 13.0. The number of fused-ring (bicyclic) bond motifs is 1. The van der Waals surface area contributed by atoms with Crippen LogP contribution in [0.25, 0.3) is 0 Å². The van der Waals surface area contributed by atoms with E-state index < -0.39 is 0 Å². The lowest BCUT2D eigenvalue weighted by Crippen LogP contribution is -2.36. The van der Waals surface area contributed by atoms with Gasteiger partial charge in [0.15, 0.2) is 0 Å². The van der Waals surface area contributed by atoms with E-state index in [1.165, 1.54) is 57.8 Å². The molecule has 0 spiro atoms. The second-order valence-electron chi connectivity index (χ2n) is 6.77. The quantitative estimate of drug-likeness (QED) is 0.629. The molecule has 0 aliphatic heterocycles. The molecule has 102 valence electrons. The van der Waals surface area contributed by atoms with Crippen molar-refractivity contribution in [2.45, 2.75) is 71.6 Å². The highest BCUT2D eigenvalue weighted by molar-refractivity contribution is 4.97. The van der Waals surface area contributed by atoms with E-state index in [2.05, 4.69) is 19.9 Å². The molecule has 0 aromatic heterocycles. The largest absolute Gasteiger partial charge is 0.198 e. The zero-order valence-corrected chi connectivity index (χ0v) is 12.2. The van der Waals surface area contributed by atoms with E-state index >= 15 is 0 Å². The maximum atomic E-state index is 9.20. The third-order valence-corrected chi connectivity index (χ3v) is 5.69. The molecule has 0 bridgehead atoms. The monoisotopic (exact) mass is 247 g/mol. The van der Waals surface area contributed by atoms with Gasteiger partial charge in [0, 0.05) is 5.92 Å². The molecule has 0 heterocycles. The highest BCUT2D eigenvalue weighted by Crippen LogP contribution is 2.48. The lowest BCUT2D eigenvalue weighted by Gasteiger charge is -2.44. The van der Waals surface area contributed by atoms with E-state index in [0.717, 1.165) is 17.8 Å². The van der Waals surface area contributed by atoms with Crippen molar-refractivity contribution in [3.63, 3.8) is 0 Å². The average Bonchev–Trinajstić information content (AvgIpc) is 2.39. The minimum absolute atomic E-state index is 0.350. The Bertz CT molecular complexity index is 290. The number of rotatable bonds is 4. The Labute approximate surface area is 113 Å². The van der Waals surface area contributed by atoms with Gasteiger partial charge in [-0.25, -0.2) is 0 Å². The molecule has 1 heteroatoms. The third-order valence-electron chi connectivity index (χ3n) is 5.69. The van der Waals surface area contributed by atoms with E-state index in [0.29, 0.717) is 11.8 Å². The zero-order valence-electron chi connectivity index (χ0n) is 12.2. The van der Waals surface area contributed by atoms with Crippen LogP contribution in [0.2, 0.25) is 0 Å². The molecule has 0 aromatic rings. The van der Waals surface area contributed by atoms with E-state index in [1.54, 1.807) is 0 Å². The Morgan fingerprint density at radius 3 is 2.67 bits per heavy atom. The lowest BCUT2D eigenvalue weighted by atomic mass is 9.60. The minimum atomic E-state index is 0.350. The number of hydrogen-bond acceptors (Lipinski definition) is 1. The topological polar surface area (TPSA) is 23.8 Å². The molecule has 5 atom stereocenters. The summed E-state index contributed by atoms with van der Waals surface area (Å²) < 4.78 is 0. The molecule has 2 aliphatic rings. The van der Waals surface area contributed by atoms with Crippen LogP contribution in [0, 0.1) is 40.9 Å². The first-order valence-corrected chi connectivity index (χ1v) is 8.15. The van der Waals surface area contributed by atoms with Crippen LogP contribution in [-0.2, 0) is 0 Å². The Morgan fingerprint density at radius 1 is 1.11 bits per heavy atom. The summed E-state index contributed by atoms with van der Waals surface area (Å²) in [5, 5.41) is 9.20. The smallest absolute Gasteiger partial charge is 0.0658 e. The summed E-state index contributed by atoms with van der Waals surface area (Å²) in [6, 6.07) is 2.54. The molecule has 2 fully saturated rings. The summed E-state index contributed by atoms with van der Waals surface area (Å²) in [5.41, 5.74) is 0. The van der Waals surface area contributed by atoms with Gasteiger partial charge in [-0.1, -0.05) is 46.0 Å². The van der Waals surface area contributed by atoms with Crippen molar-refractivity contribution in [3.8, 4) is 6.07 Å². The number of nitriles is 1. The number of unbranched alkanes of at least 4 members (excludes halogenated alkanes) is 2. The summed E-state index contributed by atoms with van der Waals surface area (Å²) in [5.74, 6) is 3.83. The van der Waals surface area contributed by atoms with Gasteiger partial charge < -0.3 is 0 Å². The molecule has 2 unspecified atom stereocenters. The van der Waals surface area contributed by atoms with Crippen molar-refractivity contribution in [2.24, 2.45) is 29.6 Å². The van der Waals surface area contributed by atoms with Crippen molar-refractivity contribution in [2.75, 3.05) is 0 Å². The van der Waals surface area contributed by atoms with Gasteiger partial charge in [-0.15, -0.1) is 0 Å². The van der Waals surface area contributed by atoms with Crippen LogP contribution < -0.4 is 0 Å². The minimum Gasteiger partial charge on any atom is -0.198 e. The maximum Gasteiger partial charge on any atom is 0.0658 e. The normalized spacial score (nSPS) is 39.9. The molecule has 18 heavy (non-hydrogen) atoms. The second kappa shape index (κ2) is 6.60. The molecule has 2 aliphatic carbocycles. The lowest BCUT2D eigenvalue weighted by molar-refractivity contribution is 0.0590. The molecule has 2 saturated carbocycles. The molecule has 0 amide bonds. The van der Waals surface area contributed by atoms with Crippen molar-refractivity contribution in [3.05, 3.63) is 0 Å². The summed E-state index contributed by atoms with van der Waals surface area (Å²) in [6.45, 7) is 4.63. The first kappa shape index (κ1) is 13.9. The van der Waals surface area contributed by atoms with Crippen molar-refractivity contribution in [1.29, 1.82) is 5.26 Å². The van der Waals surface area contributed by atoms with Crippen molar-refractivity contribution < 1.29 is 0 Å². The van der Waals surface area contributed by atoms with Crippen LogP contribution in [0.15, 0.2) is 0 Å². The molecular formula is C17H29N. The molecule has 0 aromatic carbocycles. The van der Waals surface area contributed by atoms with Gasteiger partial charge in [-0.05, 0) is 49.4 Å². The first-order valence-electron chi connectivity index (χ1n) is 8.15. The van der Waals surface area contributed by atoms with Crippen LogP contribution in [0.3, 0.4) is 0 Å². The Kier molecular flexibility index (Phi) is 5.10. The molecule has 0 radical (unpaired) electrons. The molecule has 1 nitrogen and oxygen atoms in total. The van der Waals surface area contributed by atoms with Gasteiger partial charge in [0.25, 0.3) is 0 Å². The number of hydrogen-bond donors (Lipinski definition) is 0. The van der Waals surface area contributed by atoms with Crippen LogP contribution in [-0.4, -0.2) is 0 Å². The van der Waals surface area contributed by atoms with Crippen LogP contribution in [0.4, 0.5) is 0 Å². The van der Waals surface area contributed by atoms with Crippen LogP contribution >= 0.6 is 0 Å². The van der Waals surface area contributed by atoms with Gasteiger partial charge in [-0.3, -0.25) is 0 Å². The van der Waals surface area contributed by atoms with E-state index in [4.69, 9.17) is 0 Å². The van der Waals surface area contributed by atoms with Gasteiger partial charge >= 0.3 is 0 Å². The predicted octanol–water partition coefficient (Wildman–Crippen LogP) is 5.17. The van der Waals surface area contributed by atoms with Gasteiger partial charge in [0.05, 0.1) is 6.07 Å². The summed E-state index contributed by atoms with van der Waals surface area (Å²) in [4.78, 5) is 0. The highest BCUT2D eigenvalue weighted by Gasteiger charge is 2.40. The fourth-order valence-electron chi connectivity index (χ4n) is 4.49. The Morgan fingerprint density at radius 2 is 1.94 bits per heavy atom. The third kappa shape index (κ3) is 3.08. The molecule has 0 saturated heterocycles. The van der Waals surface area contributed by atoms with Gasteiger partial charge in [0.1, 0.15) is 0 Å². The molecule has 0 N–H and O–H groups in total. The van der Waals surface area contributed by atoms with E-state index in [-0.39, 0.29) is 0 Å². The van der Waals surface area contributed by atoms with Crippen LogP contribution in [0.5, 0.6) is 0 Å². The van der Waals surface area contributed by atoms with Crippen LogP contribution in [0.1, 0.15) is 71.6 Å².